The Morgan fingerprint density at radius 3 is 2.10 bits per heavy atom. The summed E-state index contributed by atoms with van der Waals surface area (Å²) in [5.74, 6) is -3.39. The van der Waals surface area contributed by atoms with Gasteiger partial charge in [0.2, 0.25) is 0 Å². The lowest BCUT2D eigenvalue weighted by Crippen LogP contribution is -2.10. The van der Waals surface area contributed by atoms with Crippen molar-refractivity contribution in [3.05, 3.63) is 70.5 Å². The lowest BCUT2D eigenvalue weighted by molar-refractivity contribution is -0.140. The molecule has 2 rings (SSSR count). The Kier molecular flexibility index (Phi) is 3.95. The lowest BCUT2D eigenvalue weighted by Gasteiger charge is -2.14. The number of aliphatic hydroxyl groups is 1. The summed E-state index contributed by atoms with van der Waals surface area (Å²) in [6, 6.07) is 3.95. The average molecular weight is 306 g/mol. The second-order valence-corrected chi connectivity index (χ2v) is 4.31. The molecular weight excluding hydrogens is 298 g/mol. The second-order valence-electron chi connectivity index (χ2n) is 4.31. The van der Waals surface area contributed by atoms with Crippen LogP contribution in [0.25, 0.3) is 0 Å². The lowest BCUT2D eigenvalue weighted by atomic mass is 9.99. The Morgan fingerprint density at radius 2 is 1.52 bits per heavy atom. The highest BCUT2D eigenvalue weighted by molar-refractivity contribution is 5.34. The summed E-state index contributed by atoms with van der Waals surface area (Å²) in [5.41, 5.74) is -2.31. The SMILES string of the molecule is OC(c1ccc(C(F)(F)F)c(F)c1)c1cc(F)ccc1F. The summed E-state index contributed by atoms with van der Waals surface area (Å²) in [6.07, 6.45) is -6.66. The van der Waals surface area contributed by atoms with Gasteiger partial charge in [0.05, 0.1) is 5.56 Å². The van der Waals surface area contributed by atoms with Crippen LogP contribution in [-0.4, -0.2) is 5.11 Å². The first-order valence-corrected chi connectivity index (χ1v) is 5.70. The fourth-order valence-corrected chi connectivity index (χ4v) is 1.84. The minimum Gasteiger partial charge on any atom is -0.384 e. The van der Waals surface area contributed by atoms with Crippen molar-refractivity contribution in [2.45, 2.75) is 12.3 Å². The highest BCUT2D eigenvalue weighted by atomic mass is 19.4. The quantitative estimate of drug-likeness (QED) is 0.824. The third-order valence-corrected chi connectivity index (χ3v) is 2.87. The molecule has 112 valence electrons. The van der Waals surface area contributed by atoms with E-state index in [2.05, 4.69) is 0 Å². The minimum atomic E-state index is -4.88. The molecule has 2 aromatic carbocycles. The molecule has 1 N–H and O–H groups in total. The van der Waals surface area contributed by atoms with Gasteiger partial charge in [-0.2, -0.15) is 13.2 Å². The van der Waals surface area contributed by atoms with Crippen molar-refractivity contribution < 1.29 is 31.4 Å². The number of hydrogen-bond donors (Lipinski definition) is 1. The van der Waals surface area contributed by atoms with E-state index in [4.69, 9.17) is 0 Å². The Morgan fingerprint density at radius 1 is 0.857 bits per heavy atom. The molecule has 0 spiro atoms. The first-order chi connectivity index (χ1) is 9.70. The maximum atomic E-state index is 13.5. The summed E-state index contributed by atoms with van der Waals surface area (Å²) in [7, 11) is 0. The van der Waals surface area contributed by atoms with Crippen molar-refractivity contribution in [3.8, 4) is 0 Å². The summed E-state index contributed by atoms with van der Waals surface area (Å²) in [4.78, 5) is 0. The van der Waals surface area contributed by atoms with Crippen LogP contribution in [0.15, 0.2) is 36.4 Å². The van der Waals surface area contributed by atoms with E-state index >= 15 is 0 Å². The monoisotopic (exact) mass is 306 g/mol. The molecule has 0 radical (unpaired) electrons. The smallest absolute Gasteiger partial charge is 0.384 e. The fourth-order valence-electron chi connectivity index (χ4n) is 1.84. The van der Waals surface area contributed by atoms with E-state index in [-0.39, 0.29) is 5.56 Å². The third-order valence-electron chi connectivity index (χ3n) is 2.87. The number of hydrogen-bond acceptors (Lipinski definition) is 1. The van der Waals surface area contributed by atoms with Gasteiger partial charge in [0.15, 0.2) is 0 Å². The van der Waals surface area contributed by atoms with Crippen molar-refractivity contribution in [1.82, 2.24) is 0 Å². The van der Waals surface area contributed by atoms with Gasteiger partial charge in [0.25, 0.3) is 0 Å². The molecule has 1 atom stereocenters. The number of rotatable bonds is 2. The molecule has 1 nitrogen and oxygen atoms in total. The maximum absolute atomic E-state index is 13.5. The van der Waals surface area contributed by atoms with Crippen molar-refractivity contribution in [1.29, 1.82) is 0 Å². The topological polar surface area (TPSA) is 20.2 Å². The fraction of sp³-hybridized carbons (Fsp3) is 0.143. The third kappa shape index (κ3) is 3.18. The van der Waals surface area contributed by atoms with Crippen LogP contribution in [0.1, 0.15) is 22.8 Å². The highest BCUT2D eigenvalue weighted by Gasteiger charge is 2.34. The van der Waals surface area contributed by atoms with Crippen LogP contribution in [0.5, 0.6) is 0 Å². The van der Waals surface area contributed by atoms with E-state index in [1.54, 1.807) is 0 Å². The molecule has 7 heteroatoms. The molecule has 0 fully saturated rings. The van der Waals surface area contributed by atoms with Gasteiger partial charge in [-0.3, -0.25) is 0 Å². The Bertz CT molecular complexity index is 665. The molecule has 21 heavy (non-hydrogen) atoms. The van der Waals surface area contributed by atoms with Crippen molar-refractivity contribution in [3.63, 3.8) is 0 Å². The van der Waals surface area contributed by atoms with Crippen molar-refractivity contribution >= 4 is 0 Å². The summed E-state index contributed by atoms with van der Waals surface area (Å²) < 4.78 is 77.1. The van der Waals surface area contributed by atoms with Gasteiger partial charge in [-0.05, 0) is 35.9 Å². The van der Waals surface area contributed by atoms with Gasteiger partial charge in [-0.1, -0.05) is 6.07 Å². The molecule has 0 bridgehead atoms. The van der Waals surface area contributed by atoms with Gasteiger partial charge in [0.1, 0.15) is 23.6 Å². The van der Waals surface area contributed by atoms with Crippen LogP contribution in [-0.2, 0) is 6.18 Å². The van der Waals surface area contributed by atoms with Crippen LogP contribution in [0, 0.1) is 17.5 Å². The van der Waals surface area contributed by atoms with Gasteiger partial charge >= 0.3 is 6.18 Å². The average Bonchev–Trinajstić information content (AvgIpc) is 2.39. The first-order valence-electron chi connectivity index (χ1n) is 5.70. The van der Waals surface area contributed by atoms with Crippen molar-refractivity contribution in [2.75, 3.05) is 0 Å². The Labute approximate surface area is 115 Å². The van der Waals surface area contributed by atoms with E-state index in [0.717, 1.165) is 18.2 Å². The van der Waals surface area contributed by atoms with Gasteiger partial charge in [-0.15, -0.1) is 0 Å². The highest BCUT2D eigenvalue weighted by Crippen LogP contribution is 2.33. The zero-order valence-corrected chi connectivity index (χ0v) is 10.3. The molecule has 0 saturated heterocycles. The van der Waals surface area contributed by atoms with Crippen LogP contribution in [0.4, 0.5) is 26.3 Å². The van der Waals surface area contributed by atoms with Gasteiger partial charge in [-0.25, -0.2) is 13.2 Å². The Hall–Kier alpha value is -2.02. The van der Waals surface area contributed by atoms with Crippen LogP contribution in [0.2, 0.25) is 0 Å². The predicted molar refractivity (Wildman–Crippen MR) is 61.8 cm³/mol. The molecule has 0 heterocycles. The van der Waals surface area contributed by atoms with Crippen LogP contribution >= 0.6 is 0 Å². The molecule has 0 aliphatic rings. The standard InChI is InChI=1S/C14H8F6O/c15-8-2-4-11(16)9(6-8)13(21)7-1-3-10(12(17)5-7)14(18,19)20/h1-6,13,21H. The second kappa shape index (κ2) is 5.40. The summed E-state index contributed by atoms with van der Waals surface area (Å²) >= 11 is 0. The van der Waals surface area contributed by atoms with Crippen molar-refractivity contribution in [2.24, 2.45) is 0 Å². The van der Waals surface area contributed by atoms with E-state index in [0.29, 0.717) is 18.2 Å². The molecule has 1 unspecified atom stereocenters. The zero-order chi connectivity index (χ0) is 15.8. The number of aliphatic hydroxyl groups excluding tert-OH is 1. The molecular formula is C14H8F6O. The number of benzene rings is 2. The Balaban J connectivity index is 2.43. The number of alkyl halides is 3. The van der Waals surface area contributed by atoms with E-state index < -0.39 is 40.9 Å². The maximum Gasteiger partial charge on any atom is 0.419 e. The van der Waals surface area contributed by atoms with E-state index in [9.17, 15) is 31.4 Å². The van der Waals surface area contributed by atoms with Gasteiger partial charge < -0.3 is 5.11 Å². The number of halogens is 6. The molecule has 2 aromatic rings. The minimum absolute atomic E-state index is 0.315. The van der Waals surface area contributed by atoms with Gasteiger partial charge in [0, 0.05) is 5.56 Å². The van der Waals surface area contributed by atoms with E-state index in [1.807, 2.05) is 0 Å². The predicted octanol–water partition coefficient (Wildman–Crippen LogP) is 4.20. The normalized spacial score (nSPS) is 13.3. The molecule has 0 saturated carbocycles. The molecule has 0 amide bonds. The largest absolute Gasteiger partial charge is 0.419 e. The first kappa shape index (κ1) is 15.4. The summed E-state index contributed by atoms with van der Waals surface area (Å²) in [5, 5.41) is 9.86. The summed E-state index contributed by atoms with van der Waals surface area (Å²) in [6.45, 7) is 0. The van der Waals surface area contributed by atoms with Crippen LogP contribution in [0.3, 0.4) is 0 Å². The molecule has 0 aliphatic carbocycles. The van der Waals surface area contributed by atoms with Crippen LogP contribution < -0.4 is 0 Å². The van der Waals surface area contributed by atoms with E-state index in [1.165, 1.54) is 0 Å². The molecule has 0 aliphatic heterocycles. The zero-order valence-electron chi connectivity index (χ0n) is 10.3. The molecule has 0 aromatic heterocycles.